The van der Waals surface area contributed by atoms with Crippen LogP contribution in [-0.2, 0) is 9.47 Å². The van der Waals surface area contributed by atoms with Crippen LogP contribution in [0.15, 0.2) is 0 Å². The summed E-state index contributed by atoms with van der Waals surface area (Å²) in [6.45, 7) is 0. The Morgan fingerprint density at radius 1 is 0.739 bits per heavy atom. The quantitative estimate of drug-likeness (QED) is 0.730. The van der Waals surface area contributed by atoms with Gasteiger partial charge in [0.25, 0.3) is 0 Å². The van der Waals surface area contributed by atoms with Crippen molar-refractivity contribution in [3.8, 4) is 0 Å². The van der Waals surface area contributed by atoms with E-state index < -0.39 is 11.6 Å². The normalized spacial score (nSPS) is 63.3. The first kappa shape index (κ1) is 14.1. The molecule has 3 spiro atoms. The first-order chi connectivity index (χ1) is 11.1. The second-order valence-electron chi connectivity index (χ2n) is 9.60. The van der Waals surface area contributed by atoms with Crippen LogP contribution in [0.1, 0.15) is 83.5 Å². The minimum atomic E-state index is -0.884. The van der Waals surface area contributed by atoms with Crippen molar-refractivity contribution < 1.29 is 14.6 Å². The molecule has 5 bridgehead atoms. The minimum absolute atomic E-state index is 0.0665. The molecule has 4 aliphatic carbocycles. The van der Waals surface area contributed by atoms with Gasteiger partial charge in [-0.3, -0.25) is 0 Å². The van der Waals surface area contributed by atoms with E-state index in [1.807, 2.05) is 0 Å². The van der Waals surface area contributed by atoms with E-state index >= 15 is 0 Å². The van der Waals surface area contributed by atoms with Gasteiger partial charge in [0.05, 0.1) is 11.0 Å². The first-order valence-corrected chi connectivity index (χ1v) is 10.3. The van der Waals surface area contributed by atoms with Gasteiger partial charge in [-0.2, -0.15) is 0 Å². The zero-order valence-electron chi connectivity index (χ0n) is 14.2. The third-order valence-corrected chi connectivity index (χ3v) is 9.01. The van der Waals surface area contributed by atoms with Crippen molar-refractivity contribution in [2.75, 3.05) is 0 Å². The summed E-state index contributed by atoms with van der Waals surface area (Å²) in [7, 11) is 0. The maximum atomic E-state index is 11.9. The molecule has 7 fully saturated rings. The van der Waals surface area contributed by atoms with Crippen LogP contribution in [0.5, 0.6) is 0 Å². The van der Waals surface area contributed by atoms with Gasteiger partial charge in [0, 0.05) is 18.3 Å². The van der Waals surface area contributed by atoms with E-state index in [1.165, 1.54) is 57.8 Å². The van der Waals surface area contributed by atoms with Crippen LogP contribution in [0.2, 0.25) is 0 Å². The summed E-state index contributed by atoms with van der Waals surface area (Å²) in [6.07, 6.45) is 15.7. The average molecular weight is 318 g/mol. The van der Waals surface area contributed by atoms with Gasteiger partial charge >= 0.3 is 0 Å². The largest absolute Gasteiger partial charge is 0.365 e. The Bertz CT molecular complexity index is 549. The number of hydrogen-bond acceptors (Lipinski definition) is 3. The van der Waals surface area contributed by atoms with Crippen molar-refractivity contribution in [2.45, 2.75) is 101 Å². The van der Waals surface area contributed by atoms with Crippen molar-refractivity contribution in [3.05, 3.63) is 0 Å². The van der Waals surface area contributed by atoms with Crippen molar-refractivity contribution in [2.24, 2.45) is 23.2 Å². The second kappa shape index (κ2) is 4.16. The molecule has 0 amide bonds. The molecule has 0 aromatic carbocycles. The highest BCUT2D eigenvalue weighted by Crippen LogP contribution is 2.77. The van der Waals surface area contributed by atoms with Crippen molar-refractivity contribution >= 4 is 0 Å². The van der Waals surface area contributed by atoms with E-state index in [4.69, 9.17) is 9.47 Å². The lowest BCUT2D eigenvalue weighted by Gasteiger charge is -2.79. The van der Waals surface area contributed by atoms with Gasteiger partial charge in [0.2, 0.25) is 0 Å². The highest BCUT2D eigenvalue weighted by molar-refractivity contribution is 5.25. The van der Waals surface area contributed by atoms with Gasteiger partial charge in [-0.25, -0.2) is 0 Å². The summed E-state index contributed by atoms with van der Waals surface area (Å²) in [6, 6.07) is 0. The Labute approximate surface area is 139 Å². The Hall–Kier alpha value is -0.120. The van der Waals surface area contributed by atoms with Crippen LogP contribution in [0.25, 0.3) is 0 Å². The van der Waals surface area contributed by atoms with Gasteiger partial charge in [0.15, 0.2) is 11.6 Å². The Morgan fingerprint density at radius 3 is 2.43 bits per heavy atom. The Morgan fingerprint density at radius 2 is 1.52 bits per heavy atom. The van der Waals surface area contributed by atoms with Crippen LogP contribution in [0, 0.1) is 23.2 Å². The molecule has 0 unspecified atom stereocenters. The molecular formula is C20H30O3. The number of aliphatic hydroxyl groups is 1. The predicted molar refractivity (Wildman–Crippen MR) is 85.5 cm³/mol. The van der Waals surface area contributed by atoms with Crippen LogP contribution >= 0.6 is 0 Å². The molecule has 0 radical (unpaired) electrons. The highest BCUT2D eigenvalue weighted by Gasteiger charge is 2.82. The van der Waals surface area contributed by atoms with Gasteiger partial charge in [0.1, 0.15) is 0 Å². The number of hydrogen-bond donors (Lipinski definition) is 1. The fourth-order valence-electron chi connectivity index (χ4n) is 8.27. The van der Waals surface area contributed by atoms with Crippen molar-refractivity contribution in [1.82, 2.24) is 0 Å². The van der Waals surface area contributed by atoms with Gasteiger partial charge in [-0.15, -0.1) is 0 Å². The lowest BCUT2D eigenvalue weighted by atomic mass is 9.40. The number of ether oxygens (including phenoxy) is 2. The van der Waals surface area contributed by atoms with Gasteiger partial charge in [-0.05, 0) is 57.3 Å². The monoisotopic (exact) mass is 318 g/mol. The van der Waals surface area contributed by atoms with Crippen molar-refractivity contribution in [3.63, 3.8) is 0 Å². The Balaban J connectivity index is 1.58. The standard InChI is InChI=1S/C20H30O3/c21-20-15-8-5-9-17(20)13-16-7-2-4-11-19(16,23-20)22-18(17)10-3-1-6-14(18)12-15/h14-16,21H,1-13H2/t14-,15-,16+,17-,18-,19-,20+/m0/s1. The zero-order valence-corrected chi connectivity index (χ0v) is 14.2. The predicted octanol–water partition coefficient (Wildman–Crippen LogP) is 4.13. The van der Waals surface area contributed by atoms with Crippen LogP contribution in [0.3, 0.4) is 0 Å². The van der Waals surface area contributed by atoms with Gasteiger partial charge in [-0.1, -0.05) is 25.7 Å². The average Bonchev–Trinajstić information content (AvgIpc) is 2.52. The summed E-state index contributed by atoms with van der Waals surface area (Å²) < 4.78 is 13.8. The fraction of sp³-hybridized carbons (Fsp3) is 1.00. The third-order valence-electron chi connectivity index (χ3n) is 9.01. The summed E-state index contributed by atoms with van der Waals surface area (Å²) in [5.74, 6) is 0.231. The molecule has 3 heterocycles. The van der Waals surface area contributed by atoms with E-state index in [-0.39, 0.29) is 11.0 Å². The highest BCUT2D eigenvalue weighted by atomic mass is 16.8. The number of rotatable bonds is 0. The van der Waals surface area contributed by atoms with Crippen LogP contribution in [-0.4, -0.2) is 22.3 Å². The summed E-state index contributed by atoms with van der Waals surface area (Å²) in [5, 5.41) is 11.9. The molecule has 3 aliphatic heterocycles. The molecule has 0 aromatic heterocycles. The maximum Gasteiger partial charge on any atom is 0.180 e. The molecule has 7 rings (SSSR count). The molecule has 7 aliphatic rings. The molecule has 23 heavy (non-hydrogen) atoms. The van der Waals surface area contributed by atoms with E-state index in [0.717, 1.165) is 25.7 Å². The second-order valence-corrected chi connectivity index (χ2v) is 9.60. The summed E-state index contributed by atoms with van der Waals surface area (Å²) in [4.78, 5) is 0. The van der Waals surface area contributed by atoms with E-state index in [1.54, 1.807) is 0 Å². The SMILES string of the molecule is O[C@]12O[C@@]34CCCC[C@@H]3C[C@]13CCC[C@H]2C[C@@H]1CCCC[C@]13O4. The smallest absolute Gasteiger partial charge is 0.180 e. The first-order valence-electron chi connectivity index (χ1n) is 10.3. The summed E-state index contributed by atoms with van der Waals surface area (Å²) in [5.41, 5.74) is -0.168. The lowest BCUT2D eigenvalue weighted by Crippen LogP contribution is -2.85. The summed E-state index contributed by atoms with van der Waals surface area (Å²) >= 11 is 0. The van der Waals surface area contributed by atoms with Crippen molar-refractivity contribution in [1.29, 1.82) is 0 Å². The molecule has 3 nitrogen and oxygen atoms in total. The lowest BCUT2D eigenvalue weighted by molar-refractivity contribution is -0.565. The minimum Gasteiger partial charge on any atom is -0.365 e. The molecule has 3 saturated heterocycles. The van der Waals surface area contributed by atoms with E-state index in [9.17, 15) is 5.11 Å². The van der Waals surface area contributed by atoms with Gasteiger partial charge < -0.3 is 14.6 Å². The molecule has 0 aromatic rings. The molecule has 1 N–H and O–H groups in total. The third kappa shape index (κ3) is 1.36. The van der Waals surface area contributed by atoms with E-state index in [2.05, 4.69) is 0 Å². The maximum absolute atomic E-state index is 11.9. The molecule has 3 heteroatoms. The van der Waals surface area contributed by atoms with Crippen LogP contribution in [0.4, 0.5) is 0 Å². The topological polar surface area (TPSA) is 38.7 Å². The Kier molecular flexibility index (Phi) is 2.55. The molecule has 7 atom stereocenters. The fourth-order valence-corrected chi connectivity index (χ4v) is 8.27. The molecular weight excluding hydrogens is 288 g/mol. The molecule has 128 valence electrons. The van der Waals surface area contributed by atoms with E-state index in [0.29, 0.717) is 17.8 Å². The zero-order chi connectivity index (χ0) is 15.3. The van der Waals surface area contributed by atoms with Crippen LogP contribution < -0.4 is 0 Å². The molecule has 4 saturated carbocycles.